The monoisotopic (exact) mass is 657 g/mol. The van der Waals surface area contributed by atoms with E-state index in [4.69, 9.17) is 0 Å². The molecule has 0 saturated carbocycles. The van der Waals surface area contributed by atoms with Gasteiger partial charge in [0.1, 0.15) is 11.5 Å². The molecule has 0 fully saturated rings. The van der Waals surface area contributed by atoms with Crippen molar-refractivity contribution in [2.24, 2.45) is 20.0 Å². The summed E-state index contributed by atoms with van der Waals surface area (Å²) < 4.78 is 0. The van der Waals surface area contributed by atoms with Gasteiger partial charge >= 0.3 is 0 Å². The highest BCUT2D eigenvalue weighted by Crippen LogP contribution is 2.23. The summed E-state index contributed by atoms with van der Waals surface area (Å²) in [5.41, 5.74) is 5.38. The van der Waals surface area contributed by atoms with Gasteiger partial charge in [-0.3, -0.25) is 20.0 Å². The van der Waals surface area contributed by atoms with Crippen molar-refractivity contribution < 1.29 is 10.2 Å². The quantitative estimate of drug-likeness (QED) is 0.295. The number of rotatable bonds is 0. The van der Waals surface area contributed by atoms with Crippen LogP contribution in [-0.4, -0.2) is 61.3 Å². The Labute approximate surface area is 292 Å². The lowest BCUT2D eigenvalue weighted by atomic mass is 10.1. The molecule has 2 aromatic rings. The highest BCUT2D eigenvalue weighted by molar-refractivity contribution is 5.93. The summed E-state index contributed by atoms with van der Waals surface area (Å²) in [5, 5.41) is 21.6. The fourth-order valence-electron chi connectivity index (χ4n) is 6.36. The molecule has 0 atom stereocenters. The Morgan fingerprint density at radius 2 is 0.521 bits per heavy atom. The van der Waals surface area contributed by atoms with E-state index in [1.54, 1.807) is 0 Å². The molecule has 1 aliphatic heterocycles. The average molecular weight is 657 g/mol. The Balaban J connectivity index is 1.45. The molecule has 48 heavy (non-hydrogen) atoms. The van der Waals surface area contributed by atoms with Gasteiger partial charge in [-0.2, -0.15) is 0 Å². The summed E-state index contributed by atoms with van der Waals surface area (Å²) in [4.78, 5) is 18.5. The van der Waals surface area contributed by atoms with E-state index in [1.807, 2.05) is 49.1 Å². The molecule has 0 unspecified atom stereocenters. The van der Waals surface area contributed by atoms with Gasteiger partial charge in [0.25, 0.3) is 0 Å². The van der Waals surface area contributed by atoms with Crippen molar-refractivity contribution in [1.29, 1.82) is 0 Å². The van der Waals surface area contributed by atoms with Gasteiger partial charge in [0.15, 0.2) is 0 Å². The van der Waals surface area contributed by atoms with Gasteiger partial charge < -0.3 is 10.2 Å². The standard InChI is InChI=1S/C42H64N4O2/c1-35-27-37-31-43-23-19-15-11-7-3-5-9-13-17-21-25-45-33-39-29-36(2)30-40(42(39)48)34-46-26-22-18-14-10-6-4-8-12-16-20-24-44-32-38(28-35)41(37)47/h27-34,47-48H,3-26H2,1-2H3. The lowest BCUT2D eigenvalue weighted by molar-refractivity contribution is 0.473. The molecule has 0 aromatic heterocycles. The van der Waals surface area contributed by atoms with Crippen molar-refractivity contribution in [3.8, 4) is 11.5 Å². The number of nitrogens with zero attached hydrogens (tertiary/aromatic N) is 4. The van der Waals surface area contributed by atoms with Crippen molar-refractivity contribution >= 4 is 24.9 Å². The zero-order valence-electron chi connectivity index (χ0n) is 30.3. The minimum atomic E-state index is 0.285. The highest BCUT2D eigenvalue weighted by atomic mass is 16.3. The van der Waals surface area contributed by atoms with Crippen LogP contribution < -0.4 is 0 Å². The first kappa shape index (κ1) is 39.2. The molecule has 1 heterocycles. The van der Waals surface area contributed by atoms with Crippen LogP contribution in [0.5, 0.6) is 11.5 Å². The second kappa shape index (κ2) is 24.8. The zero-order valence-corrected chi connectivity index (χ0v) is 30.3. The number of phenols is 2. The first-order valence-corrected chi connectivity index (χ1v) is 19.2. The molecule has 1 aliphatic rings. The molecule has 2 N–H and O–H groups in total. The second-order valence-corrected chi connectivity index (χ2v) is 13.8. The number of phenolic OH excluding ortho intramolecular Hbond substituents is 2. The van der Waals surface area contributed by atoms with Gasteiger partial charge in [-0.15, -0.1) is 0 Å². The van der Waals surface area contributed by atoms with Gasteiger partial charge in [-0.1, -0.05) is 103 Å². The molecule has 4 bridgehead atoms. The number of hydrogen-bond donors (Lipinski definition) is 2. The van der Waals surface area contributed by atoms with Crippen molar-refractivity contribution in [2.75, 3.05) is 26.2 Å². The maximum atomic E-state index is 10.8. The number of benzene rings is 2. The number of aryl methyl sites for hydroxylation is 2. The van der Waals surface area contributed by atoms with E-state index in [-0.39, 0.29) is 11.5 Å². The molecule has 0 aliphatic carbocycles. The summed E-state index contributed by atoms with van der Waals surface area (Å²) in [7, 11) is 0. The minimum Gasteiger partial charge on any atom is -0.507 e. The van der Waals surface area contributed by atoms with E-state index >= 15 is 0 Å². The lowest BCUT2D eigenvalue weighted by Gasteiger charge is -2.06. The predicted molar refractivity (Wildman–Crippen MR) is 208 cm³/mol. The Morgan fingerprint density at radius 3 is 0.729 bits per heavy atom. The predicted octanol–water partition coefficient (Wildman–Crippen LogP) is 10.9. The van der Waals surface area contributed by atoms with Crippen molar-refractivity contribution in [1.82, 2.24) is 0 Å². The van der Waals surface area contributed by atoms with E-state index in [0.717, 1.165) is 85.2 Å². The molecule has 2 aromatic carbocycles. The maximum Gasteiger partial charge on any atom is 0.133 e. The van der Waals surface area contributed by atoms with Crippen molar-refractivity contribution in [2.45, 2.75) is 142 Å². The topological polar surface area (TPSA) is 89.9 Å². The maximum absolute atomic E-state index is 10.8. The molecule has 3 rings (SSSR count). The normalized spacial score (nSPS) is 18.5. The Hall–Kier alpha value is -3.28. The summed E-state index contributed by atoms with van der Waals surface area (Å²) in [5.74, 6) is 0.571. The minimum absolute atomic E-state index is 0.285. The molecule has 264 valence electrons. The Bertz CT molecular complexity index is 1110. The van der Waals surface area contributed by atoms with E-state index < -0.39 is 0 Å². The summed E-state index contributed by atoms with van der Waals surface area (Å²) in [6.45, 7) is 7.34. The van der Waals surface area contributed by atoms with Crippen LogP contribution in [-0.2, 0) is 0 Å². The fraction of sp³-hybridized carbons (Fsp3) is 0.619. The van der Waals surface area contributed by atoms with Crippen LogP contribution in [0.3, 0.4) is 0 Å². The number of hydrogen-bond acceptors (Lipinski definition) is 6. The number of fused-ring (bicyclic) bond motifs is 4. The van der Waals surface area contributed by atoms with Gasteiger partial charge in [0, 0.05) is 73.3 Å². The van der Waals surface area contributed by atoms with E-state index in [2.05, 4.69) is 33.8 Å². The van der Waals surface area contributed by atoms with E-state index in [0.29, 0.717) is 0 Å². The van der Waals surface area contributed by atoms with E-state index in [1.165, 1.54) is 103 Å². The first-order chi connectivity index (χ1) is 23.5. The van der Waals surface area contributed by atoms with Crippen molar-refractivity contribution in [3.63, 3.8) is 0 Å². The van der Waals surface area contributed by atoms with Crippen molar-refractivity contribution in [3.05, 3.63) is 57.6 Å². The molecule has 0 radical (unpaired) electrons. The SMILES string of the molecule is Cc1cc2c(O)c(c1)C=NCCCCCCCCCCCCN=Cc1cc(C)cc(c1O)C=NCCCCCCCCCCCCN=C2. The van der Waals surface area contributed by atoms with Gasteiger partial charge in [-0.25, -0.2) is 0 Å². The van der Waals surface area contributed by atoms with Crippen LogP contribution in [0.15, 0.2) is 44.2 Å². The fourth-order valence-corrected chi connectivity index (χ4v) is 6.36. The number of aliphatic imine (C=N–C) groups is 4. The highest BCUT2D eigenvalue weighted by Gasteiger charge is 2.07. The second-order valence-electron chi connectivity index (χ2n) is 13.8. The third kappa shape index (κ3) is 16.7. The molecular formula is C42H64N4O2. The van der Waals surface area contributed by atoms with Crippen LogP contribution in [0, 0.1) is 13.8 Å². The zero-order chi connectivity index (χ0) is 34.1. The summed E-state index contributed by atoms with van der Waals surface area (Å²) in [6.07, 6.45) is 32.0. The number of aromatic hydroxyl groups is 2. The first-order valence-electron chi connectivity index (χ1n) is 19.2. The summed E-state index contributed by atoms with van der Waals surface area (Å²) in [6, 6.07) is 8.01. The molecule has 0 saturated heterocycles. The third-order valence-electron chi connectivity index (χ3n) is 9.20. The summed E-state index contributed by atoms with van der Waals surface area (Å²) >= 11 is 0. The average Bonchev–Trinajstić information content (AvgIpc) is 3.07. The largest absolute Gasteiger partial charge is 0.507 e. The molecular weight excluding hydrogens is 592 g/mol. The lowest BCUT2D eigenvalue weighted by Crippen LogP contribution is -1.94. The van der Waals surface area contributed by atoms with Crippen LogP contribution in [0.2, 0.25) is 0 Å². The van der Waals surface area contributed by atoms with Gasteiger partial charge in [0.05, 0.1) is 0 Å². The van der Waals surface area contributed by atoms with Gasteiger partial charge in [-0.05, 0) is 74.9 Å². The molecule has 0 spiro atoms. The Morgan fingerprint density at radius 1 is 0.333 bits per heavy atom. The molecule has 6 nitrogen and oxygen atoms in total. The third-order valence-corrected chi connectivity index (χ3v) is 9.20. The van der Waals surface area contributed by atoms with Crippen LogP contribution in [0.4, 0.5) is 0 Å². The van der Waals surface area contributed by atoms with Crippen LogP contribution >= 0.6 is 0 Å². The molecule has 6 heteroatoms. The van der Waals surface area contributed by atoms with Crippen LogP contribution in [0.25, 0.3) is 0 Å². The van der Waals surface area contributed by atoms with Gasteiger partial charge in [0.2, 0.25) is 0 Å². The molecule has 0 amide bonds. The Kier molecular flexibility index (Phi) is 20.2. The smallest absolute Gasteiger partial charge is 0.133 e. The van der Waals surface area contributed by atoms with E-state index in [9.17, 15) is 10.2 Å². The van der Waals surface area contributed by atoms with Crippen LogP contribution in [0.1, 0.15) is 162 Å².